The molecular weight excluding hydrogens is 551 g/mol. The van der Waals surface area contributed by atoms with E-state index in [9.17, 15) is 32.7 Å². The van der Waals surface area contributed by atoms with E-state index >= 15 is 0 Å². The molecule has 12 heteroatoms. The van der Waals surface area contributed by atoms with Gasteiger partial charge in [0.15, 0.2) is 0 Å². The van der Waals surface area contributed by atoms with Crippen molar-refractivity contribution in [2.24, 2.45) is 0 Å². The van der Waals surface area contributed by atoms with Crippen LogP contribution in [0.3, 0.4) is 0 Å². The molecule has 0 bridgehead atoms. The molecular formula is C30H30F3N5O4. The monoisotopic (exact) mass is 581 g/mol. The van der Waals surface area contributed by atoms with Crippen LogP contribution in [0.2, 0.25) is 0 Å². The number of aromatic hydroxyl groups is 1. The molecule has 0 aromatic heterocycles. The highest BCUT2D eigenvalue weighted by Crippen LogP contribution is 2.32. The lowest BCUT2D eigenvalue weighted by atomic mass is 9.99. The molecule has 0 unspecified atom stereocenters. The normalized spacial score (nSPS) is 19.1. The maximum atomic E-state index is 13.8. The van der Waals surface area contributed by atoms with E-state index in [1.807, 2.05) is 30.3 Å². The van der Waals surface area contributed by atoms with Gasteiger partial charge in [0.1, 0.15) is 18.0 Å². The highest BCUT2D eigenvalue weighted by molar-refractivity contribution is 5.91. The molecule has 2 saturated heterocycles. The van der Waals surface area contributed by atoms with Gasteiger partial charge < -0.3 is 20.2 Å². The number of hydrogen-bond acceptors (Lipinski definition) is 5. The van der Waals surface area contributed by atoms with E-state index in [0.717, 1.165) is 17.7 Å². The maximum absolute atomic E-state index is 13.8. The Bertz CT molecular complexity index is 1450. The summed E-state index contributed by atoms with van der Waals surface area (Å²) >= 11 is 0. The van der Waals surface area contributed by atoms with E-state index in [4.69, 9.17) is 0 Å². The van der Waals surface area contributed by atoms with Crippen molar-refractivity contribution in [3.8, 4) is 5.75 Å². The molecule has 3 aromatic rings. The Morgan fingerprint density at radius 1 is 0.976 bits per heavy atom. The summed E-state index contributed by atoms with van der Waals surface area (Å²) in [5.74, 6) is -0.717. The van der Waals surface area contributed by atoms with Crippen molar-refractivity contribution in [3.05, 3.63) is 101 Å². The number of fused-ring (bicyclic) bond motifs is 1. The van der Waals surface area contributed by atoms with Crippen molar-refractivity contribution in [2.75, 3.05) is 20.1 Å². The van der Waals surface area contributed by atoms with Crippen molar-refractivity contribution in [1.82, 2.24) is 25.1 Å². The van der Waals surface area contributed by atoms with Crippen molar-refractivity contribution in [2.45, 2.75) is 37.9 Å². The summed E-state index contributed by atoms with van der Waals surface area (Å²) in [6.45, 7) is -0.00514. The number of carbonyl (C=O) groups is 3. The van der Waals surface area contributed by atoms with E-state index in [-0.39, 0.29) is 44.3 Å². The topological polar surface area (TPSA) is 96.4 Å². The van der Waals surface area contributed by atoms with Crippen LogP contribution in [-0.4, -0.2) is 75.1 Å². The number of phenolic OH excluding ortho intramolecular Hbond substituents is 1. The first-order valence-corrected chi connectivity index (χ1v) is 13.4. The molecule has 0 saturated carbocycles. The van der Waals surface area contributed by atoms with Crippen molar-refractivity contribution >= 4 is 17.8 Å². The number of hydrazine groups is 1. The van der Waals surface area contributed by atoms with Crippen LogP contribution in [0.1, 0.15) is 22.3 Å². The van der Waals surface area contributed by atoms with E-state index in [0.29, 0.717) is 11.1 Å². The molecule has 2 atom stereocenters. The molecule has 2 aliphatic heterocycles. The number of rotatable bonds is 7. The van der Waals surface area contributed by atoms with Gasteiger partial charge in [0.25, 0.3) is 0 Å². The highest BCUT2D eigenvalue weighted by Gasteiger charge is 2.51. The number of carbonyl (C=O) groups excluding carboxylic acids is 3. The zero-order valence-electron chi connectivity index (χ0n) is 22.8. The summed E-state index contributed by atoms with van der Waals surface area (Å²) in [5, 5.41) is 15.4. The average Bonchev–Trinajstić information content (AvgIpc) is 3.30. The number of phenols is 1. The second kappa shape index (κ2) is 11.7. The second-order valence-electron chi connectivity index (χ2n) is 10.4. The van der Waals surface area contributed by atoms with Crippen LogP contribution >= 0.6 is 0 Å². The number of benzene rings is 3. The van der Waals surface area contributed by atoms with Gasteiger partial charge in [-0.2, -0.15) is 18.2 Å². The molecule has 2 fully saturated rings. The van der Waals surface area contributed by atoms with Crippen LogP contribution in [0.25, 0.3) is 0 Å². The molecule has 2 aliphatic rings. The van der Waals surface area contributed by atoms with Gasteiger partial charge >= 0.3 is 12.2 Å². The Labute approximate surface area is 240 Å². The molecule has 4 amide bonds. The number of alkyl halides is 3. The summed E-state index contributed by atoms with van der Waals surface area (Å²) in [6, 6.07) is 18.9. The van der Waals surface area contributed by atoms with Crippen LogP contribution in [0.4, 0.5) is 18.0 Å². The predicted molar refractivity (Wildman–Crippen MR) is 146 cm³/mol. The van der Waals surface area contributed by atoms with Gasteiger partial charge in [-0.15, -0.1) is 0 Å². The summed E-state index contributed by atoms with van der Waals surface area (Å²) in [4.78, 5) is 43.1. The average molecular weight is 582 g/mol. The Morgan fingerprint density at radius 3 is 2.36 bits per heavy atom. The number of nitrogens with zero attached hydrogens (tertiary/aromatic N) is 4. The summed E-state index contributed by atoms with van der Waals surface area (Å²) < 4.78 is 40.1. The third kappa shape index (κ3) is 6.18. The minimum atomic E-state index is -4.54. The highest BCUT2D eigenvalue weighted by atomic mass is 19.4. The maximum Gasteiger partial charge on any atom is 0.416 e. The summed E-state index contributed by atoms with van der Waals surface area (Å²) in [5.41, 5.74) is 1.05. The molecule has 5 rings (SSSR count). The minimum absolute atomic E-state index is 0.0107. The van der Waals surface area contributed by atoms with Gasteiger partial charge in [0.2, 0.25) is 11.8 Å². The molecule has 0 radical (unpaired) electrons. The Morgan fingerprint density at radius 2 is 1.67 bits per heavy atom. The lowest BCUT2D eigenvalue weighted by Crippen LogP contribution is -2.65. The first-order valence-electron chi connectivity index (χ1n) is 13.4. The third-order valence-electron chi connectivity index (χ3n) is 7.53. The number of halogens is 3. The lowest BCUT2D eigenvalue weighted by Gasteiger charge is -2.45. The number of urea groups is 1. The Hall–Kier alpha value is -4.58. The van der Waals surface area contributed by atoms with Gasteiger partial charge in [-0.25, -0.2) is 4.79 Å². The van der Waals surface area contributed by atoms with Gasteiger partial charge in [-0.05, 0) is 41.0 Å². The van der Waals surface area contributed by atoms with E-state index in [1.165, 1.54) is 46.1 Å². The fourth-order valence-corrected chi connectivity index (χ4v) is 5.38. The van der Waals surface area contributed by atoms with Crippen molar-refractivity contribution in [1.29, 1.82) is 0 Å². The van der Waals surface area contributed by atoms with Gasteiger partial charge in [-0.1, -0.05) is 54.6 Å². The SMILES string of the molecule is CN(C(=O)NCc1ccccc1)N1CC(=O)N2[C@@H](Cc3ccc(O)cc3)C(=O)N(Cc3cccc(C(F)(F)F)c3)C[C@@H]21. The molecule has 220 valence electrons. The molecule has 0 aliphatic carbocycles. The first-order chi connectivity index (χ1) is 20.0. The summed E-state index contributed by atoms with van der Waals surface area (Å²) in [6.07, 6.45) is -5.14. The lowest BCUT2D eigenvalue weighted by molar-refractivity contribution is -0.157. The van der Waals surface area contributed by atoms with Crippen molar-refractivity contribution in [3.63, 3.8) is 0 Å². The van der Waals surface area contributed by atoms with Crippen LogP contribution in [0.5, 0.6) is 5.75 Å². The van der Waals surface area contributed by atoms with Gasteiger partial charge in [0, 0.05) is 26.6 Å². The molecule has 0 spiro atoms. The molecule has 3 aromatic carbocycles. The van der Waals surface area contributed by atoms with Gasteiger partial charge in [0.05, 0.1) is 18.7 Å². The van der Waals surface area contributed by atoms with Crippen LogP contribution in [0, 0.1) is 0 Å². The zero-order chi connectivity index (χ0) is 30.0. The fraction of sp³-hybridized carbons (Fsp3) is 0.300. The Balaban J connectivity index is 1.41. The molecule has 42 heavy (non-hydrogen) atoms. The van der Waals surface area contributed by atoms with Crippen LogP contribution < -0.4 is 5.32 Å². The first kappa shape index (κ1) is 28.9. The van der Waals surface area contributed by atoms with E-state index in [2.05, 4.69) is 5.32 Å². The van der Waals surface area contributed by atoms with Gasteiger partial charge in [-0.3, -0.25) is 14.6 Å². The standard InChI is InChI=1S/C30H30F3N5O4/c1-35(29(42)34-16-21-6-3-2-4-7-21)37-19-27(40)38-25(15-20-10-12-24(39)13-11-20)28(41)36(18-26(37)38)17-22-8-5-9-23(14-22)30(31,32)33/h2-14,25-26,39H,15-19H2,1H3,(H,34,42)/t25-,26+/m0/s1. The minimum Gasteiger partial charge on any atom is -0.508 e. The van der Waals surface area contributed by atoms with Crippen molar-refractivity contribution < 1.29 is 32.7 Å². The molecule has 2 heterocycles. The van der Waals surface area contributed by atoms with Crippen LogP contribution in [0.15, 0.2) is 78.9 Å². The zero-order valence-corrected chi connectivity index (χ0v) is 22.8. The number of amides is 4. The van der Waals surface area contributed by atoms with Crippen LogP contribution in [-0.2, 0) is 35.3 Å². The summed E-state index contributed by atoms with van der Waals surface area (Å²) in [7, 11) is 1.53. The quantitative estimate of drug-likeness (QED) is 0.445. The number of piperazine rings is 1. The third-order valence-corrected chi connectivity index (χ3v) is 7.53. The van der Waals surface area contributed by atoms with E-state index < -0.39 is 35.9 Å². The van der Waals surface area contributed by atoms with E-state index in [1.54, 1.807) is 17.1 Å². The number of hydrogen-bond donors (Lipinski definition) is 2. The largest absolute Gasteiger partial charge is 0.508 e. The molecule has 2 N–H and O–H groups in total. The smallest absolute Gasteiger partial charge is 0.416 e. The second-order valence-corrected chi connectivity index (χ2v) is 10.4. The fourth-order valence-electron chi connectivity index (χ4n) is 5.38. The number of nitrogens with one attached hydrogen (secondary N) is 1. The molecule has 9 nitrogen and oxygen atoms in total. The Kier molecular flexibility index (Phi) is 8.08. The predicted octanol–water partition coefficient (Wildman–Crippen LogP) is 3.59.